The highest BCUT2D eigenvalue weighted by Crippen LogP contribution is 2.55. The van der Waals surface area contributed by atoms with Gasteiger partial charge in [-0.05, 0) is 62.5 Å². The van der Waals surface area contributed by atoms with Gasteiger partial charge in [0.1, 0.15) is 30.0 Å². The van der Waals surface area contributed by atoms with Gasteiger partial charge in [0.25, 0.3) is 0 Å². The summed E-state index contributed by atoms with van der Waals surface area (Å²) in [5.41, 5.74) is -1.06. The van der Waals surface area contributed by atoms with E-state index in [1.807, 2.05) is 58.0 Å². The van der Waals surface area contributed by atoms with Gasteiger partial charge in [0, 0.05) is 5.25 Å². The van der Waals surface area contributed by atoms with Crippen molar-refractivity contribution in [3.05, 3.63) is 47.5 Å². The molecule has 2 fully saturated rings. The Balaban J connectivity index is 1.91. The van der Waals surface area contributed by atoms with Crippen LogP contribution in [0.15, 0.2) is 42.0 Å². The Labute approximate surface area is 262 Å². The van der Waals surface area contributed by atoms with Crippen molar-refractivity contribution in [1.82, 2.24) is 5.06 Å². The third-order valence-electron chi connectivity index (χ3n) is 8.21. The first kappa shape index (κ1) is 34.1. The molecule has 43 heavy (non-hydrogen) atoms. The second-order valence-electron chi connectivity index (χ2n) is 13.4. The molecule has 2 saturated heterocycles. The second-order valence-corrected chi connectivity index (χ2v) is 19.2. The fraction of sp³-hybridized carbons (Fsp3) is 0.688. The van der Waals surface area contributed by atoms with E-state index in [2.05, 4.69) is 47.6 Å². The van der Waals surface area contributed by atoms with Crippen molar-refractivity contribution in [2.75, 3.05) is 6.61 Å². The summed E-state index contributed by atoms with van der Waals surface area (Å²) in [6.45, 7) is 20.6. The van der Waals surface area contributed by atoms with Crippen LogP contribution in [0.3, 0.4) is 0 Å². The number of benzene rings is 1. The molecule has 0 saturated carbocycles. The average Bonchev–Trinajstić information content (AvgIpc) is 3.23. The van der Waals surface area contributed by atoms with Gasteiger partial charge < -0.3 is 22.5 Å². The lowest BCUT2D eigenvalue weighted by atomic mass is 9.65. The lowest BCUT2D eigenvalue weighted by Crippen LogP contribution is -2.78. The summed E-state index contributed by atoms with van der Waals surface area (Å²) in [5.74, 6) is -1.15. The standard InChI is InChI=1S/C32H48N2O7SSi/c1-21(2)38-28-29(39-43(23(5)6,24(7)8)41-42-22(3)4)32(26(18-33)16-31(28)20-36-30(9,10)40-31)17-27(35)34(32)37-19-25-14-12-11-13-15-25/h11-16,21-24,28-29H,17,19-20H2,1-10H3. The first-order chi connectivity index (χ1) is 20.1. The Hall–Kier alpha value is -1.75. The van der Waals surface area contributed by atoms with Crippen LogP contribution in [0.5, 0.6) is 0 Å². The number of ether oxygens (including phenoxy) is 3. The minimum absolute atomic E-state index is 0.0299. The van der Waals surface area contributed by atoms with E-state index in [1.165, 1.54) is 17.1 Å². The smallest absolute Gasteiger partial charge is 0.356 e. The molecule has 238 valence electrons. The first-order valence-electron chi connectivity index (χ1n) is 15.3. The molecular weight excluding hydrogens is 585 g/mol. The number of carbonyl (C=O) groups excluding carboxylic acids is 1. The third-order valence-corrected chi connectivity index (χ3v) is 13.9. The van der Waals surface area contributed by atoms with E-state index < -0.39 is 37.7 Å². The largest absolute Gasteiger partial charge is 0.384 e. The Bertz CT molecular complexity index is 1210. The van der Waals surface area contributed by atoms with Crippen LogP contribution in [0, 0.1) is 11.3 Å². The number of nitrogens with zero attached hydrogens (tertiary/aromatic N) is 2. The fourth-order valence-electron chi connectivity index (χ4n) is 6.24. The van der Waals surface area contributed by atoms with Crippen LogP contribution in [0.1, 0.15) is 81.2 Å². The predicted molar refractivity (Wildman–Crippen MR) is 168 cm³/mol. The average molecular weight is 633 g/mol. The minimum Gasteiger partial charge on any atom is -0.384 e. The van der Waals surface area contributed by atoms with Crippen LogP contribution in [0.2, 0.25) is 11.1 Å². The highest BCUT2D eigenvalue weighted by Gasteiger charge is 2.72. The molecule has 2 aliphatic heterocycles. The lowest BCUT2D eigenvalue weighted by Gasteiger charge is -2.60. The number of hydroxylamine groups is 2. The van der Waals surface area contributed by atoms with Crippen LogP contribution in [0.25, 0.3) is 0 Å². The van der Waals surface area contributed by atoms with Gasteiger partial charge >= 0.3 is 8.56 Å². The number of rotatable bonds is 12. The zero-order chi connectivity index (χ0) is 31.8. The normalized spacial score (nSPS) is 28.8. The second kappa shape index (κ2) is 12.9. The monoisotopic (exact) mass is 632 g/mol. The molecule has 0 bridgehead atoms. The zero-order valence-corrected chi connectivity index (χ0v) is 29.0. The summed E-state index contributed by atoms with van der Waals surface area (Å²) in [5, 5.41) is 12.3. The number of β-lactam (4-membered cyclic amide) rings is 1. The van der Waals surface area contributed by atoms with Crippen molar-refractivity contribution < 1.29 is 32.1 Å². The van der Waals surface area contributed by atoms with E-state index in [0.29, 0.717) is 5.57 Å². The quantitative estimate of drug-likeness (QED) is 0.144. The number of amides is 1. The molecule has 3 aliphatic rings. The van der Waals surface area contributed by atoms with Gasteiger partial charge in [-0.15, -0.1) is 0 Å². The van der Waals surface area contributed by atoms with E-state index in [4.69, 9.17) is 27.3 Å². The van der Waals surface area contributed by atoms with Gasteiger partial charge in [-0.1, -0.05) is 71.9 Å². The Morgan fingerprint density at radius 1 is 1.07 bits per heavy atom. The number of hydrogen-bond acceptors (Lipinski definition) is 9. The topological polar surface area (TPSA) is 99.5 Å². The van der Waals surface area contributed by atoms with Crippen LogP contribution in [-0.2, 0) is 38.7 Å². The van der Waals surface area contributed by atoms with Gasteiger partial charge in [-0.3, -0.25) is 9.63 Å². The van der Waals surface area contributed by atoms with Crippen LogP contribution < -0.4 is 0 Å². The molecule has 11 heteroatoms. The molecule has 1 aromatic rings. The SMILES string of the molecule is CC(C)OC1C(O[Si](OSC(C)C)(C(C)C)C(C)C)C2(CC(=O)N2OCc2ccccc2)C(C#N)=CC12COC(C)(C)O2. The third kappa shape index (κ3) is 6.49. The highest BCUT2D eigenvalue weighted by atomic mass is 32.2. The van der Waals surface area contributed by atoms with Crippen LogP contribution in [0.4, 0.5) is 0 Å². The van der Waals surface area contributed by atoms with Crippen LogP contribution >= 0.6 is 12.0 Å². The molecule has 9 nitrogen and oxygen atoms in total. The summed E-state index contributed by atoms with van der Waals surface area (Å²) in [6, 6.07) is 12.0. The van der Waals surface area contributed by atoms with Crippen molar-refractivity contribution in [1.29, 1.82) is 5.26 Å². The lowest BCUT2D eigenvalue weighted by molar-refractivity contribution is -0.294. The van der Waals surface area contributed by atoms with E-state index in [9.17, 15) is 10.1 Å². The van der Waals surface area contributed by atoms with E-state index in [0.717, 1.165) is 5.56 Å². The maximum Gasteiger partial charge on any atom is 0.356 e. The van der Waals surface area contributed by atoms with E-state index >= 15 is 0 Å². The molecule has 2 spiro atoms. The summed E-state index contributed by atoms with van der Waals surface area (Å²) in [6.07, 6.45) is 0.0211. The Morgan fingerprint density at radius 2 is 1.72 bits per heavy atom. The van der Waals surface area contributed by atoms with Crippen molar-refractivity contribution in [2.45, 2.75) is 134 Å². The highest BCUT2D eigenvalue weighted by molar-refractivity contribution is 7.96. The van der Waals surface area contributed by atoms with Crippen molar-refractivity contribution >= 4 is 26.5 Å². The van der Waals surface area contributed by atoms with Crippen molar-refractivity contribution in [3.63, 3.8) is 0 Å². The molecule has 0 aromatic heterocycles. The molecule has 2 heterocycles. The Kier molecular flexibility index (Phi) is 10.3. The maximum absolute atomic E-state index is 13.4. The summed E-state index contributed by atoms with van der Waals surface area (Å²) in [7, 11) is -3.09. The molecule has 1 aliphatic carbocycles. The maximum atomic E-state index is 13.4. The van der Waals surface area contributed by atoms with Crippen molar-refractivity contribution in [3.8, 4) is 6.07 Å². The molecule has 4 atom stereocenters. The number of nitriles is 1. The summed E-state index contributed by atoms with van der Waals surface area (Å²) < 4.78 is 33.6. The number of carbonyl (C=O) groups is 1. The van der Waals surface area contributed by atoms with E-state index in [1.54, 1.807) is 6.08 Å². The molecular formula is C32H48N2O7SSi. The van der Waals surface area contributed by atoms with Gasteiger partial charge in [0.2, 0.25) is 5.91 Å². The fourth-order valence-corrected chi connectivity index (χ4v) is 11.9. The first-order valence-corrected chi connectivity index (χ1v) is 18.0. The predicted octanol–water partition coefficient (Wildman–Crippen LogP) is 6.59. The summed E-state index contributed by atoms with van der Waals surface area (Å²) >= 11 is 1.41. The van der Waals surface area contributed by atoms with Crippen LogP contribution in [-0.4, -0.2) is 66.6 Å². The van der Waals surface area contributed by atoms with Gasteiger partial charge in [-0.25, -0.2) is 5.06 Å². The molecule has 0 N–H and O–H groups in total. The molecule has 1 aromatic carbocycles. The molecule has 0 radical (unpaired) electrons. The molecule has 1 amide bonds. The van der Waals surface area contributed by atoms with Gasteiger partial charge in [-0.2, -0.15) is 5.26 Å². The Morgan fingerprint density at radius 3 is 2.21 bits per heavy atom. The molecule has 4 unspecified atom stereocenters. The van der Waals surface area contributed by atoms with Gasteiger partial charge in [0.05, 0.1) is 30.8 Å². The zero-order valence-electron chi connectivity index (χ0n) is 27.2. The summed E-state index contributed by atoms with van der Waals surface area (Å²) in [4.78, 5) is 19.7. The minimum atomic E-state index is -3.09. The van der Waals surface area contributed by atoms with Crippen molar-refractivity contribution in [2.24, 2.45) is 0 Å². The number of hydrogen-bond donors (Lipinski definition) is 0. The van der Waals surface area contributed by atoms with E-state index in [-0.39, 0.29) is 48.0 Å². The van der Waals surface area contributed by atoms with Gasteiger partial charge in [0.15, 0.2) is 5.79 Å². The molecule has 4 rings (SSSR count).